The first-order chi connectivity index (χ1) is 8.15. The van der Waals surface area contributed by atoms with Crippen LogP contribution in [0.25, 0.3) is 22.2 Å². The molecular formula is C14H13N3. The van der Waals surface area contributed by atoms with Crippen molar-refractivity contribution in [3.8, 4) is 11.3 Å². The van der Waals surface area contributed by atoms with E-state index in [2.05, 4.69) is 10.6 Å². The van der Waals surface area contributed by atoms with E-state index in [-0.39, 0.29) is 0 Å². The van der Waals surface area contributed by atoms with Crippen molar-refractivity contribution in [1.29, 1.82) is 5.41 Å². The lowest BCUT2D eigenvalue weighted by molar-refractivity contribution is 0.958. The Balaban J connectivity index is 2.54. The smallest absolute Gasteiger partial charge is 0.0561 e. The molecule has 0 saturated carbocycles. The normalized spacial score (nSPS) is 11.1. The number of anilines is 1. The number of hydrogen-bond donors (Lipinski definition) is 2. The molecule has 0 aromatic heterocycles. The SMILES string of the molecule is Cn1c2cc(=N)ccc-2cc2ccc(N)cc21. The quantitative estimate of drug-likeness (QED) is 0.446. The first-order valence-electron chi connectivity index (χ1n) is 5.49. The van der Waals surface area contributed by atoms with Crippen LogP contribution < -0.4 is 11.1 Å². The van der Waals surface area contributed by atoms with Gasteiger partial charge < -0.3 is 15.7 Å². The van der Waals surface area contributed by atoms with Gasteiger partial charge in [0.05, 0.1) is 16.6 Å². The molecule has 1 heterocycles. The predicted molar refractivity (Wildman–Crippen MR) is 69.8 cm³/mol. The third kappa shape index (κ3) is 1.47. The van der Waals surface area contributed by atoms with Gasteiger partial charge in [0, 0.05) is 12.7 Å². The van der Waals surface area contributed by atoms with Crippen LogP contribution in [-0.2, 0) is 7.05 Å². The second-order valence-electron chi connectivity index (χ2n) is 4.30. The summed E-state index contributed by atoms with van der Waals surface area (Å²) in [4.78, 5) is 0. The first kappa shape index (κ1) is 9.90. The molecule has 3 rings (SSSR count). The topological polar surface area (TPSA) is 54.8 Å². The van der Waals surface area contributed by atoms with Gasteiger partial charge in [0.2, 0.25) is 0 Å². The maximum atomic E-state index is 7.69. The summed E-state index contributed by atoms with van der Waals surface area (Å²) in [6, 6.07) is 13.7. The van der Waals surface area contributed by atoms with Gasteiger partial charge in [-0.05, 0) is 41.3 Å². The number of fused-ring (bicyclic) bond motifs is 2. The number of pyridine rings is 1. The predicted octanol–water partition coefficient (Wildman–Crippen LogP) is 2.34. The Labute approximate surface area is 99.0 Å². The minimum atomic E-state index is 0.524. The zero-order chi connectivity index (χ0) is 12.0. The van der Waals surface area contributed by atoms with Crippen molar-refractivity contribution in [3.63, 3.8) is 0 Å². The van der Waals surface area contributed by atoms with Crippen molar-refractivity contribution < 1.29 is 0 Å². The van der Waals surface area contributed by atoms with E-state index in [0.717, 1.165) is 27.8 Å². The number of benzene rings is 2. The molecule has 0 spiro atoms. The first-order valence-corrected chi connectivity index (χ1v) is 5.49. The second-order valence-corrected chi connectivity index (χ2v) is 4.30. The highest BCUT2D eigenvalue weighted by Gasteiger charge is 2.07. The van der Waals surface area contributed by atoms with Crippen LogP contribution in [0.1, 0.15) is 0 Å². The average molecular weight is 223 g/mol. The van der Waals surface area contributed by atoms with Crippen molar-refractivity contribution in [2.45, 2.75) is 0 Å². The van der Waals surface area contributed by atoms with Gasteiger partial charge in [-0.25, -0.2) is 0 Å². The van der Waals surface area contributed by atoms with E-state index in [0.29, 0.717) is 5.36 Å². The Bertz CT molecular complexity index is 740. The minimum Gasteiger partial charge on any atom is -0.399 e. The van der Waals surface area contributed by atoms with Crippen LogP contribution >= 0.6 is 0 Å². The number of aryl methyl sites for hydroxylation is 1. The van der Waals surface area contributed by atoms with Crippen molar-refractivity contribution in [2.75, 3.05) is 5.73 Å². The van der Waals surface area contributed by atoms with Crippen LogP contribution in [0.4, 0.5) is 5.69 Å². The molecule has 3 heteroatoms. The molecule has 84 valence electrons. The molecule has 0 saturated heterocycles. The zero-order valence-electron chi connectivity index (χ0n) is 9.57. The van der Waals surface area contributed by atoms with Crippen LogP contribution in [0.15, 0.2) is 42.5 Å². The van der Waals surface area contributed by atoms with E-state index in [1.54, 1.807) is 0 Å². The highest BCUT2D eigenvalue weighted by Crippen LogP contribution is 2.27. The van der Waals surface area contributed by atoms with Crippen LogP contribution in [0.3, 0.4) is 0 Å². The average Bonchev–Trinajstić information content (AvgIpc) is 2.32. The summed E-state index contributed by atoms with van der Waals surface area (Å²) < 4.78 is 2.08. The summed E-state index contributed by atoms with van der Waals surface area (Å²) in [5, 5.41) is 9.37. The number of nitrogen functional groups attached to an aromatic ring is 1. The Kier molecular flexibility index (Phi) is 1.95. The van der Waals surface area contributed by atoms with Gasteiger partial charge in [-0.3, -0.25) is 0 Å². The second kappa shape index (κ2) is 3.35. The van der Waals surface area contributed by atoms with Gasteiger partial charge >= 0.3 is 0 Å². The molecule has 3 nitrogen and oxygen atoms in total. The Morgan fingerprint density at radius 2 is 1.88 bits per heavy atom. The summed E-state index contributed by atoms with van der Waals surface area (Å²) >= 11 is 0. The summed E-state index contributed by atoms with van der Waals surface area (Å²) in [6.07, 6.45) is 0. The molecule has 0 fully saturated rings. The number of rotatable bonds is 0. The molecule has 0 amide bonds. The number of nitrogens with zero attached hydrogens (tertiary/aromatic N) is 1. The maximum absolute atomic E-state index is 7.69. The van der Waals surface area contributed by atoms with Crippen molar-refractivity contribution in [3.05, 3.63) is 47.8 Å². The lowest BCUT2D eigenvalue weighted by Crippen LogP contribution is -2.06. The molecule has 1 aliphatic carbocycles. The van der Waals surface area contributed by atoms with Crippen LogP contribution in [0, 0.1) is 5.41 Å². The van der Waals surface area contributed by atoms with E-state index in [1.807, 2.05) is 43.4 Å². The molecule has 17 heavy (non-hydrogen) atoms. The number of nitrogens with two attached hydrogens (primary N) is 1. The van der Waals surface area contributed by atoms with Crippen LogP contribution in [0.2, 0.25) is 0 Å². The van der Waals surface area contributed by atoms with Crippen molar-refractivity contribution >= 4 is 16.6 Å². The molecule has 0 bridgehead atoms. The summed E-state index contributed by atoms with van der Waals surface area (Å²) in [6.45, 7) is 0. The van der Waals surface area contributed by atoms with Crippen molar-refractivity contribution in [2.24, 2.45) is 7.05 Å². The number of aromatic nitrogens is 1. The van der Waals surface area contributed by atoms with E-state index in [4.69, 9.17) is 11.1 Å². The summed E-state index contributed by atoms with van der Waals surface area (Å²) in [5.74, 6) is 0. The van der Waals surface area contributed by atoms with E-state index in [9.17, 15) is 0 Å². The molecule has 1 aromatic carbocycles. The lowest BCUT2D eigenvalue weighted by atomic mass is 10.0. The van der Waals surface area contributed by atoms with Gasteiger partial charge in [0.15, 0.2) is 0 Å². The van der Waals surface area contributed by atoms with Gasteiger partial charge in [-0.1, -0.05) is 12.1 Å². The van der Waals surface area contributed by atoms with Crippen molar-refractivity contribution in [1.82, 2.24) is 4.57 Å². The number of nitrogens with one attached hydrogen (secondary N) is 1. The summed E-state index contributed by atoms with van der Waals surface area (Å²) in [7, 11) is 2.00. The number of hydrogen-bond acceptors (Lipinski definition) is 2. The van der Waals surface area contributed by atoms with Crippen LogP contribution in [0.5, 0.6) is 0 Å². The van der Waals surface area contributed by atoms with Gasteiger partial charge in [-0.2, -0.15) is 0 Å². The fourth-order valence-electron chi connectivity index (χ4n) is 2.23. The lowest BCUT2D eigenvalue weighted by Gasteiger charge is -2.15. The third-order valence-corrected chi connectivity index (χ3v) is 3.12. The molecule has 1 aliphatic heterocycles. The fraction of sp³-hybridized carbons (Fsp3) is 0.0714. The van der Waals surface area contributed by atoms with E-state index in [1.165, 1.54) is 0 Å². The fourth-order valence-corrected chi connectivity index (χ4v) is 2.23. The molecule has 1 aromatic rings. The molecule has 3 N–H and O–H groups in total. The zero-order valence-corrected chi connectivity index (χ0v) is 9.57. The third-order valence-electron chi connectivity index (χ3n) is 3.12. The Hall–Kier alpha value is -2.29. The molecule has 0 atom stereocenters. The Morgan fingerprint density at radius 1 is 1.06 bits per heavy atom. The largest absolute Gasteiger partial charge is 0.399 e. The monoisotopic (exact) mass is 223 g/mol. The minimum absolute atomic E-state index is 0.524. The molecule has 2 aliphatic rings. The maximum Gasteiger partial charge on any atom is 0.0561 e. The molecular weight excluding hydrogens is 210 g/mol. The van der Waals surface area contributed by atoms with E-state index < -0.39 is 0 Å². The highest BCUT2D eigenvalue weighted by atomic mass is 14.9. The highest BCUT2D eigenvalue weighted by molar-refractivity contribution is 5.88. The Morgan fingerprint density at radius 3 is 2.71 bits per heavy atom. The van der Waals surface area contributed by atoms with E-state index >= 15 is 0 Å². The summed E-state index contributed by atoms with van der Waals surface area (Å²) in [5.41, 5.74) is 9.85. The van der Waals surface area contributed by atoms with Gasteiger partial charge in [-0.15, -0.1) is 0 Å². The molecule has 0 radical (unpaired) electrons. The standard InChI is InChI=1S/C14H13N3/c1-17-13-7-11(15)4-2-9(13)6-10-3-5-12(16)8-14(10)17/h2-8,15H,16H2,1H3. The van der Waals surface area contributed by atoms with Gasteiger partial charge in [0.25, 0.3) is 0 Å². The molecule has 0 unspecified atom stereocenters. The van der Waals surface area contributed by atoms with Gasteiger partial charge in [0.1, 0.15) is 0 Å². The van der Waals surface area contributed by atoms with Crippen LogP contribution in [-0.4, -0.2) is 4.57 Å².